The van der Waals surface area contributed by atoms with Gasteiger partial charge in [-0.3, -0.25) is 0 Å². The fraction of sp³-hybridized carbons (Fsp3) is 0.333. The van der Waals surface area contributed by atoms with Crippen LogP contribution in [0.1, 0.15) is 30.5 Å². The van der Waals surface area contributed by atoms with Crippen molar-refractivity contribution in [1.82, 2.24) is 0 Å². The van der Waals surface area contributed by atoms with Crippen molar-refractivity contribution in [1.29, 1.82) is 0 Å². The monoisotopic (exact) mass is 672 g/mol. The predicted molar refractivity (Wildman–Crippen MR) is 184 cm³/mol. The molecule has 0 bridgehead atoms. The molecule has 254 valence electrons. The maximum absolute atomic E-state index is 14.6. The summed E-state index contributed by atoms with van der Waals surface area (Å²) in [7, 11) is -1.81. The van der Waals surface area contributed by atoms with Gasteiger partial charge in [0, 0.05) is 18.1 Å². The van der Waals surface area contributed by atoms with E-state index in [9.17, 15) is 9.32 Å². The largest absolute Gasteiger partial charge is 0.485 e. The summed E-state index contributed by atoms with van der Waals surface area (Å²) in [5.74, 6) is 0.0648. The lowest BCUT2D eigenvalue weighted by molar-refractivity contribution is -0.206. The first-order chi connectivity index (χ1) is 23.6. The van der Waals surface area contributed by atoms with Crippen LogP contribution in [0.2, 0.25) is 0 Å². The molecule has 5 rings (SSSR count). The van der Waals surface area contributed by atoms with Crippen molar-refractivity contribution >= 4 is 10.8 Å². The van der Waals surface area contributed by atoms with Gasteiger partial charge in [0.1, 0.15) is 18.0 Å². The quantitative estimate of drug-likeness (QED) is 0.119. The molecule has 1 aliphatic rings. The number of ether oxygens (including phenoxy) is 6. The van der Waals surface area contributed by atoms with E-state index in [1.165, 1.54) is 0 Å². The Balaban J connectivity index is 1.59. The molecule has 0 saturated carbocycles. The third kappa shape index (κ3) is 9.70. The second-order valence-electron chi connectivity index (χ2n) is 11.2. The smallest absolute Gasteiger partial charge is 0.190 e. The molecule has 0 amide bonds. The second kappa shape index (κ2) is 18.8. The van der Waals surface area contributed by atoms with E-state index in [0.29, 0.717) is 11.5 Å². The van der Waals surface area contributed by atoms with Gasteiger partial charge in [-0.25, -0.2) is 4.21 Å². The highest BCUT2D eigenvalue weighted by molar-refractivity contribution is 7.89. The SMILES string of the molecule is CCOC(OCC)[C@@H](O)C1=C(S(=O)c2ccccc2)[C@@H](OCc2ccccc2)[C@@H](OCc2ccccc2)[C@@H](COCc2ccccc2)O1. The number of hydrogen-bond donors (Lipinski definition) is 1. The van der Waals surface area contributed by atoms with Gasteiger partial charge in [0.25, 0.3) is 0 Å². The zero-order valence-corrected chi connectivity index (χ0v) is 28.2. The molecule has 48 heavy (non-hydrogen) atoms. The van der Waals surface area contributed by atoms with Gasteiger partial charge < -0.3 is 33.5 Å². The number of rotatable bonds is 18. The van der Waals surface area contributed by atoms with E-state index < -0.39 is 41.5 Å². The summed E-state index contributed by atoms with van der Waals surface area (Å²) in [5, 5.41) is 11.9. The van der Waals surface area contributed by atoms with Gasteiger partial charge in [0.05, 0.1) is 42.1 Å². The van der Waals surface area contributed by atoms with E-state index in [1.54, 1.807) is 12.1 Å². The summed E-state index contributed by atoms with van der Waals surface area (Å²) < 4.78 is 52.4. The molecule has 0 fully saturated rings. The maximum atomic E-state index is 14.6. The number of aliphatic hydroxyl groups excluding tert-OH is 1. The number of hydrogen-bond acceptors (Lipinski definition) is 8. The molecule has 1 N–H and O–H groups in total. The lowest BCUT2D eigenvalue weighted by Crippen LogP contribution is -2.52. The molecule has 0 aromatic heterocycles. The van der Waals surface area contributed by atoms with Gasteiger partial charge in [-0.2, -0.15) is 0 Å². The highest BCUT2D eigenvalue weighted by Gasteiger charge is 2.47. The molecule has 4 aromatic carbocycles. The van der Waals surface area contributed by atoms with Gasteiger partial charge in [0.15, 0.2) is 18.5 Å². The summed E-state index contributed by atoms with van der Waals surface area (Å²) in [6.45, 7) is 5.10. The minimum absolute atomic E-state index is 0.0648. The molecule has 8 nitrogen and oxygen atoms in total. The van der Waals surface area contributed by atoms with E-state index in [1.807, 2.05) is 123 Å². The minimum atomic E-state index is -1.81. The zero-order chi connectivity index (χ0) is 33.6. The van der Waals surface area contributed by atoms with Crippen molar-refractivity contribution in [2.24, 2.45) is 0 Å². The average molecular weight is 673 g/mol. The summed E-state index contributed by atoms with van der Waals surface area (Å²) in [4.78, 5) is 0.783. The standard InChI is InChI=1S/C39H44O8S/c1-3-43-39(44-4-2)34(40)36-38(48(41)32-23-15-8-16-24-32)37(46-27-31-21-13-7-14-22-31)35(45-26-30-19-11-6-12-20-30)33(47-36)28-42-25-29-17-9-5-10-18-29/h5-24,33-35,37,39-40H,3-4,25-28H2,1-2H3/t33-,34+,35+,37+,48?/m1/s1. The fourth-order valence-electron chi connectivity index (χ4n) is 5.43. The molecule has 0 aliphatic carbocycles. The Bertz CT molecular complexity index is 1550. The van der Waals surface area contributed by atoms with Crippen LogP contribution >= 0.6 is 0 Å². The van der Waals surface area contributed by atoms with E-state index in [0.717, 1.165) is 16.7 Å². The molecule has 1 unspecified atom stereocenters. The van der Waals surface area contributed by atoms with Crippen LogP contribution in [0.15, 0.2) is 137 Å². The lowest BCUT2D eigenvalue weighted by Gasteiger charge is -2.41. The first-order valence-corrected chi connectivity index (χ1v) is 17.5. The Labute approximate surface area is 285 Å². The molecule has 0 saturated heterocycles. The molecule has 4 aromatic rings. The molecule has 1 aliphatic heterocycles. The van der Waals surface area contributed by atoms with Crippen LogP contribution in [0, 0.1) is 0 Å². The Morgan fingerprint density at radius 2 is 1.17 bits per heavy atom. The van der Waals surface area contributed by atoms with Crippen LogP contribution in [0.3, 0.4) is 0 Å². The van der Waals surface area contributed by atoms with Crippen LogP contribution in [-0.4, -0.2) is 59.8 Å². The molecule has 0 radical (unpaired) electrons. The zero-order valence-electron chi connectivity index (χ0n) is 27.4. The van der Waals surface area contributed by atoms with Crippen LogP contribution in [-0.2, 0) is 59.0 Å². The normalized spacial score (nSPS) is 19.2. The Hall–Kier alpha value is -3.67. The van der Waals surface area contributed by atoms with Crippen LogP contribution in [0.25, 0.3) is 0 Å². The lowest BCUT2D eigenvalue weighted by atomic mass is 10.0. The first kappa shape index (κ1) is 35.6. The maximum Gasteiger partial charge on any atom is 0.190 e. The van der Waals surface area contributed by atoms with Crippen molar-refractivity contribution in [3.63, 3.8) is 0 Å². The third-order valence-electron chi connectivity index (χ3n) is 7.74. The van der Waals surface area contributed by atoms with Crippen molar-refractivity contribution < 1.29 is 37.7 Å². The molecule has 0 spiro atoms. The van der Waals surface area contributed by atoms with E-state index in [2.05, 4.69) is 0 Å². The van der Waals surface area contributed by atoms with Crippen molar-refractivity contribution in [2.45, 2.75) is 69.3 Å². The van der Waals surface area contributed by atoms with Gasteiger partial charge in [-0.1, -0.05) is 109 Å². The van der Waals surface area contributed by atoms with Gasteiger partial charge in [0.2, 0.25) is 0 Å². The van der Waals surface area contributed by atoms with Crippen molar-refractivity contribution in [3.05, 3.63) is 149 Å². The highest BCUT2D eigenvalue weighted by Crippen LogP contribution is 2.37. The molecule has 9 heteroatoms. The topological polar surface area (TPSA) is 92.7 Å². The van der Waals surface area contributed by atoms with E-state index >= 15 is 0 Å². The Morgan fingerprint density at radius 1 is 0.688 bits per heavy atom. The van der Waals surface area contributed by atoms with Gasteiger partial charge in [-0.15, -0.1) is 0 Å². The molecular weight excluding hydrogens is 628 g/mol. The fourth-order valence-corrected chi connectivity index (χ4v) is 6.85. The minimum Gasteiger partial charge on any atom is -0.485 e. The number of aliphatic hydroxyl groups is 1. The van der Waals surface area contributed by atoms with Crippen LogP contribution in [0.4, 0.5) is 0 Å². The number of benzene rings is 4. The first-order valence-electron chi connectivity index (χ1n) is 16.3. The van der Waals surface area contributed by atoms with E-state index in [-0.39, 0.29) is 43.7 Å². The van der Waals surface area contributed by atoms with Crippen LogP contribution < -0.4 is 0 Å². The van der Waals surface area contributed by atoms with Gasteiger partial charge >= 0.3 is 0 Å². The molecular formula is C39H44O8S. The second-order valence-corrected chi connectivity index (χ2v) is 12.6. The average Bonchev–Trinajstić information content (AvgIpc) is 3.14. The predicted octanol–water partition coefficient (Wildman–Crippen LogP) is 6.55. The molecule has 1 heterocycles. The molecule has 5 atom stereocenters. The van der Waals surface area contributed by atoms with Gasteiger partial charge in [-0.05, 0) is 42.7 Å². The summed E-state index contributed by atoms with van der Waals surface area (Å²) in [6.07, 6.45) is -4.89. The summed E-state index contributed by atoms with van der Waals surface area (Å²) in [5.41, 5.74) is 2.88. The Kier molecular flexibility index (Phi) is 13.9. The van der Waals surface area contributed by atoms with Crippen molar-refractivity contribution in [3.8, 4) is 0 Å². The van der Waals surface area contributed by atoms with Crippen LogP contribution in [0.5, 0.6) is 0 Å². The Morgan fingerprint density at radius 3 is 1.69 bits per heavy atom. The third-order valence-corrected chi connectivity index (χ3v) is 9.27. The summed E-state index contributed by atoms with van der Waals surface area (Å²) in [6, 6.07) is 38.5. The highest BCUT2D eigenvalue weighted by atomic mass is 32.2. The van der Waals surface area contributed by atoms with Crippen molar-refractivity contribution in [2.75, 3.05) is 19.8 Å². The van der Waals surface area contributed by atoms with E-state index in [4.69, 9.17) is 28.4 Å². The summed E-state index contributed by atoms with van der Waals surface area (Å²) >= 11 is 0.